The minimum absolute atomic E-state index is 0.00260. The fourth-order valence-corrected chi connectivity index (χ4v) is 6.26. The second-order valence-corrected chi connectivity index (χ2v) is 16.4. The van der Waals surface area contributed by atoms with Crippen molar-refractivity contribution in [3.63, 3.8) is 0 Å². The van der Waals surface area contributed by atoms with Crippen molar-refractivity contribution >= 4 is 13.7 Å². The molecule has 0 aliphatic heterocycles. The molecule has 9 heteroatoms. The molecule has 0 spiro atoms. The normalized spacial score (nSPS) is 14.9. The zero-order chi connectivity index (χ0) is 37.2. The molecule has 0 saturated carbocycles. The summed E-state index contributed by atoms with van der Waals surface area (Å²) in [5.74, 6) is -0.207. The molecule has 0 bridgehead atoms. The zero-order valence-electron chi connectivity index (χ0n) is 33.1. The van der Waals surface area contributed by atoms with Gasteiger partial charge in [-0.15, -0.1) is 0 Å². The molecule has 0 rings (SSSR count). The van der Waals surface area contributed by atoms with Gasteiger partial charge in [-0.05, 0) is 51.4 Å². The van der Waals surface area contributed by atoms with Crippen molar-refractivity contribution in [2.24, 2.45) is 0 Å². The van der Waals surface area contributed by atoms with Crippen LogP contribution in [0.25, 0.3) is 0 Å². The second-order valence-electron chi connectivity index (χ2n) is 15.0. The third-order valence-electron chi connectivity index (χ3n) is 8.84. The van der Waals surface area contributed by atoms with E-state index in [1.54, 1.807) is 6.08 Å². The number of amides is 1. The van der Waals surface area contributed by atoms with Crippen LogP contribution in [0.3, 0.4) is 0 Å². The number of unbranched alkanes of at least 4 members (excludes halogenated alkanes) is 19. The van der Waals surface area contributed by atoms with E-state index in [0.29, 0.717) is 17.4 Å². The first kappa shape index (κ1) is 48.7. The number of carbonyl (C=O) groups excluding carboxylic acids is 1. The first-order valence-electron chi connectivity index (χ1n) is 20.4. The first-order valence-corrected chi connectivity index (χ1v) is 21.8. The van der Waals surface area contributed by atoms with Gasteiger partial charge in [-0.2, -0.15) is 0 Å². The number of phosphoric acid groups is 1. The maximum atomic E-state index is 12.8. The van der Waals surface area contributed by atoms with Crippen molar-refractivity contribution in [3.05, 3.63) is 36.5 Å². The van der Waals surface area contributed by atoms with E-state index in [1.807, 2.05) is 27.2 Å². The Bertz CT molecular complexity index is 917. The third-order valence-corrected chi connectivity index (χ3v) is 9.81. The average Bonchev–Trinajstić information content (AvgIpc) is 3.06. The van der Waals surface area contributed by atoms with Crippen molar-refractivity contribution in [2.75, 3.05) is 40.9 Å². The minimum Gasteiger partial charge on any atom is -0.756 e. The molecule has 0 aliphatic rings. The lowest BCUT2D eigenvalue weighted by atomic mass is 10.0. The summed E-state index contributed by atoms with van der Waals surface area (Å²) < 4.78 is 23.1. The molecule has 0 saturated heterocycles. The number of likely N-dealkylation sites (N-methyl/N-ethyl adjacent to an activating group) is 1. The molecule has 8 nitrogen and oxygen atoms in total. The Balaban J connectivity index is 4.37. The molecule has 0 aromatic heterocycles. The Morgan fingerprint density at radius 3 is 1.70 bits per heavy atom. The second kappa shape index (κ2) is 33.5. The van der Waals surface area contributed by atoms with Crippen LogP contribution in [0, 0.1) is 0 Å². The number of quaternary nitrogens is 1. The molecule has 0 fully saturated rings. The predicted molar refractivity (Wildman–Crippen MR) is 210 cm³/mol. The van der Waals surface area contributed by atoms with E-state index in [9.17, 15) is 19.4 Å². The largest absolute Gasteiger partial charge is 0.756 e. The van der Waals surface area contributed by atoms with Crippen LogP contribution in [0.15, 0.2) is 36.5 Å². The summed E-state index contributed by atoms with van der Waals surface area (Å²) in [6, 6.07) is -0.885. The number of allylic oxidation sites excluding steroid dienone is 5. The summed E-state index contributed by atoms with van der Waals surface area (Å²) in [5.41, 5.74) is 0. The van der Waals surface area contributed by atoms with Crippen molar-refractivity contribution in [2.45, 2.75) is 180 Å². The van der Waals surface area contributed by atoms with Gasteiger partial charge in [0, 0.05) is 6.42 Å². The van der Waals surface area contributed by atoms with Gasteiger partial charge in [-0.1, -0.05) is 147 Å². The molecule has 0 aromatic rings. The number of nitrogens with zero attached hydrogens (tertiary/aromatic N) is 1. The SMILES string of the molecule is CCCCC/C=C\C/C=C\CCCCCCCCCCCC(=O)NC(COP(=O)([O-])OCC[N+](C)(C)C)C(O)/C=C/CCCCCCCCC. The number of aliphatic hydroxyl groups excluding tert-OH is 1. The van der Waals surface area contributed by atoms with Gasteiger partial charge in [0.05, 0.1) is 39.9 Å². The van der Waals surface area contributed by atoms with Crippen LogP contribution >= 0.6 is 7.82 Å². The molecule has 1 amide bonds. The standard InChI is InChI=1S/C41H79N2O6P/c1-6-8-10-12-14-16-17-18-19-20-21-22-23-24-25-27-29-31-33-35-41(45)42-39(38-49-50(46,47)48-37-36-43(3,4)5)40(44)34-32-30-28-26-15-13-11-9-7-2/h14,16,18-19,32,34,39-40,44H,6-13,15,17,20-31,33,35-38H2,1-5H3,(H-,42,45,46,47)/b16-14-,19-18-,34-32+. The lowest BCUT2D eigenvalue weighted by Gasteiger charge is -2.29. The number of hydrogen-bond acceptors (Lipinski definition) is 6. The summed E-state index contributed by atoms with van der Waals surface area (Å²) >= 11 is 0. The minimum atomic E-state index is -4.58. The number of aliphatic hydroxyl groups is 1. The van der Waals surface area contributed by atoms with Crippen molar-refractivity contribution in [1.29, 1.82) is 0 Å². The number of phosphoric ester groups is 1. The van der Waals surface area contributed by atoms with Crippen LogP contribution in [0.1, 0.15) is 168 Å². The Kier molecular flexibility index (Phi) is 32.7. The van der Waals surface area contributed by atoms with Gasteiger partial charge in [0.25, 0.3) is 7.82 Å². The number of rotatable bonds is 36. The Labute approximate surface area is 308 Å². The monoisotopic (exact) mass is 727 g/mol. The summed E-state index contributed by atoms with van der Waals surface area (Å²) in [6.07, 6.45) is 39.0. The van der Waals surface area contributed by atoms with E-state index < -0.39 is 20.0 Å². The van der Waals surface area contributed by atoms with Gasteiger partial charge in [-0.25, -0.2) is 0 Å². The van der Waals surface area contributed by atoms with Crippen LogP contribution in [-0.2, 0) is 18.4 Å². The van der Waals surface area contributed by atoms with E-state index >= 15 is 0 Å². The van der Waals surface area contributed by atoms with E-state index in [-0.39, 0.29) is 19.1 Å². The van der Waals surface area contributed by atoms with Gasteiger partial charge < -0.3 is 28.8 Å². The highest BCUT2D eigenvalue weighted by atomic mass is 31.2. The maximum Gasteiger partial charge on any atom is 0.268 e. The predicted octanol–water partition coefficient (Wildman–Crippen LogP) is 10.1. The van der Waals surface area contributed by atoms with Crippen molar-refractivity contribution in [1.82, 2.24) is 5.32 Å². The van der Waals surface area contributed by atoms with Crippen molar-refractivity contribution < 1.29 is 32.9 Å². The van der Waals surface area contributed by atoms with Crippen LogP contribution in [0.4, 0.5) is 0 Å². The fraction of sp³-hybridized carbons (Fsp3) is 0.829. The number of hydrogen-bond donors (Lipinski definition) is 2. The molecule has 0 heterocycles. The summed E-state index contributed by atoms with van der Waals surface area (Å²) in [6.45, 7) is 4.57. The van der Waals surface area contributed by atoms with Gasteiger partial charge in [0.1, 0.15) is 13.2 Å². The quantitative estimate of drug-likeness (QED) is 0.0288. The van der Waals surface area contributed by atoms with E-state index in [4.69, 9.17) is 9.05 Å². The van der Waals surface area contributed by atoms with E-state index in [0.717, 1.165) is 44.9 Å². The summed E-state index contributed by atoms with van der Waals surface area (Å²) in [7, 11) is 1.25. The molecule has 3 atom stereocenters. The smallest absolute Gasteiger partial charge is 0.268 e. The Morgan fingerprint density at radius 1 is 0.700 bits per heavy atom. The lowest BCUT2D eigenvalue weighted by molar-refractivity contribution is -0.870. The maximum absolute atomic E-state index is 12.8. The molecule has 0 aromatic carbocycles. The van der Waals surface area contributed by atoms with Crippen LogP contribution in [0.2, 0.25) is 0 Å². The molecule has 294 valence electrons. The molecule has 0 aliphatic carbocycles. The lowest BCUT2D eigenvalue weighted by Crippen LogP contribution is -2.45. The van der Waals surface area contributed by atoms with Gasteiger partial charge in [0.15, 0.2) is 0 Å². The summed E-state index contributed by atoms with van der Waals surface area (Å²) in [4.78, 5) is 25.2. The molecular weight excluding hydrogens is 647 g/mol. The molecule has 0 radical (unpaired) electrons. The van der Waals surface area contributed by atoms with Crippen LogP contribution < -0.4 is 10.2 Å². The zero-order valence-corrected chi connectivity index (χ0v) is 34.0. The molecule has 2 N–H and O–H groups in total. The van der Waals surface area contributed by atoms with Crippen LogP contribution in [-0.4, -0.2) is 68.5 Å². The highest BCUT2D eigenvalue weighted by Gasteiger charge is 2.23. The van der Waals surface area contributed by atoms with Gasteiger partial charge in [-0.3, -0.25) is 9.36 Å². The topological polar surface area (TPSA) is 108 Å². The molecular formula is C41H79N2O6P. The summed E-state index contributed by atoms with van der Waals surface area (Å²) in [5, 5.41) is 13.7. The molecule has 3 unspecified atom stereocenters. The highest BCUT2D eigenvalue weighted by molar-refractivity contribution is 7.45. The fourth-order valence-electron chi connectivity index (χ4n) is 5.53. The van der Waals surface area contributed by atoms with Crippen LogP contribution in [0.5, 0.6) is 0 Å². The van der Waals surface area contributed by atoms with E-state index in [1.165, 1.54) is 103 Å². The third kappa shape index (κ3) is 35.1. The van der Waals surface area contributed by atoms with Gasteiger partial charge in [0.2, 0.25) is 5.91 Å². The Morgan fingerprint density at radius 2 is 1.16 bits per heavy atom. The first-order chi connectivity index (χ1) is 24.0. The number of carbonyl (C=O) groups is 1. The van der Waals surface area contributed by atoms with Gasteiger partial charge >= 0.3 is 0 Å². The highest BCUT2D eigenvalue weighted by Crippen LogP contribution is 2.38. The molecule has 50 heavy (non-hydrogen) atoms. The Hall–Kier alpha value is -1.28. The van der Waals surface area contributed by atoms with Crippen molar-refractivity contribution in [3.8, 4) is 0 Å². The average molecular weight is 727 g/mol. The number of nitrogens with one attached hydrogen (secondary N) is 1. The van der Waals surface area contributed by atoms with E-state index in [2.05, 4.69) is 43.5 Å².